The molecule has 0 saturated carbocycles. The van der Waals surface area contributed by atoms with E-state index in [1.807, 2.05) is 44.2 Å². The number of halogens is 1. The lowest BCUT2D eigenvalue weighted by Crippen LogP contribution is -2.53. The van der Waals surface area contributed by atoms with Crippen molar-refractivity contribution < 1.29 is 33.0 Å². The summed E-state index contributed by atoms with van der Waals surface area (Å²) in [7, 11) is -4.50. The molecule has 0 saturated heterocycles. The second-order valence-electron chi connectivity index (χ2n) is 11.3. The second kappa shape index (κ2) is 17.2. The van der Waals surface area contributed by atoms with Crippen molar-refractivity contribution in [3.63, 3.8) is 0 Å². The van der Waals surface area contributed by atoms with E-state index in [4.69, 9.17) is 5.73 Å². The SMILES string of the molecule is CC(C)C[C@H](NC(=O)CP(=O)(O)C(Cc1ccccc1)NC(=O)c1ccccc1F)C(=O)N[C@@H](CC=Cc1ccccc1)C(N)=O. The number of primary amides is 1. The maximum Gasteiger partial charge on any atom is 0.254 e. The van der Waals surface area contributed by atoms with Gasteiger partial charge in [-0.1, -0.05) is 98.8 Å². The van der Waals surface area contributed by atoms with E-state index in [-0.39, 0.29) is 30.7 Å². The molecule has 0 heterocycles. The van der Waals surface area contributed by atoms with Gasteiger partial charge in [0, 0.05) is 6.42 Å². The van der Waals surface area contributed by atoms with Gasteiger partial charge in [0.25, 0.3) is 5.91 Å². The summed E-state index contributed by atoms with van der Waals surface area (Å²) in [4.78, 5) is 62.6. The lowest BCUT2D eigenvalue weighted by molar-refractivity contribution is -0.131. The van der Waals surface area contributed by atoms with Crippen LogP contribution in [0, 0.1) is 11.7 Å². The van der Waals surface area contributed by atoms with Crippen molar-refractivity contribution in [2.75, 3.05) is 6.16 Å². The zero-order valence-electron chi connectivity index (χ0n) is 25.8. The first kappa shape index (κ1) is 35.9. The Kier molecular flexibility index (Phi) is 13.4. The van der Waals surface area contributed by atoms with Crippen LogP contribution < -0.4 is 21.7 Å². The van der Waals surface area contributed by atoms with E-state index in [2.05, 4.69) is 16.0 Å². The molecule has 0 radical (unpaired) electrons. The molecular formula is C34H40FN4O6P. The molecule has 46 heavy (non-hydrogen) atoms. The van der Waals surface area contributed by atoms with E-state index in [1.54, 1.807) is 42.5 Å². The van der Waals surface area contributed by atoms with Crippen LogP contribution in [0.15, 0.2) is 91.0 Å². The molecule has 0 aromatic heterocycles. The molecular weight excluding hydrogens is 610 g/mol. The van der Waals surface area contributed by atoms with Crippen molar-refractivity contribution in [3.05, 3.63) is 114 Å². The van der Waals surface area contributed by atoms with E-state index in [0.717, 1.165) is 11.6 Å². The Morgan fingerprint density at radius 2 is 1.48 bits per heavy atom. The Bertz CT molecular complexity index is 1570. The van der Waals surface area contributed by atoms with Gasteiger partial charge in [-0.2, -0.15) is 0 Å². The van der Waals surface area contributed by atoms with Crippen molar-refractivity contribution >= 4 is 37.1 Å². The van der Waals surface area contributed by atoms with Gasteiger partial charge in [-0.3, -0.25) is 23.7 Å². The molecule has 244 valence electrons. The maximum absolute atomic E-state index is 14.3. The molecule has 3 aromatic carbocycles. The molecule has 4 amide bonds. The second-order valence-corrected chi connectivity index (χ2v) is 13.8. The average molecular weight is 651 g/mol. The Hall–Kier alpha value is -4.60. The summed E-state index contributed by atoms with van der Waals surface area (Å²) in [6.07, 6.45) is 2.71. The summed E-state index contributed by atoms with van der Waals surface area (Å²) in [6, 6.07) is 20.9. The van der Waals surface area contributed by atoms with Crippen LogP contribution in [0.2, 0.25) is 0 Å². The van der Waals surface area contributed by atoms with Gasteiger partial charge in [-0.25, -0.2) is 4.39 Å². The Morgan fingerprint density at radius 1 is 0.870 bits per heavy atom. The molecule has 10 nitrogen and oxygen atoms in total. The van der Waals surface area contributed by atoms with Gasteiger partial charge in [-0.05, 0) is 42.0 Å². The standard InChI is InChI=1S/C34H40FN4O6P/c1-23(2)20-29(34(43)38-28(32(36)41)19-11-16-24-12-5-3-6-13-24)37-30(40)22-46(44,45)31(21-25-14-7-4-8-15-25)39-33(42)26-17-9-10-18-27(26)35/h3-18,23,28-29,31H,19-22H2,1-2H3,(H2,36,41)(H,37,40)(H,38,43)(H,39,42)(H,44,45)/t28-,29-,31?/m0/s1. The number of hydrogen-bond donors (Lipinski definition) is 5. The van der Waals surface area contributed by atoms with Gasteiger partial charge in [0.05, 0.1) is 5.56 Å². The summed E-state index contributed by atoms with van der Waals surface area (Å²) in [5, 5.41) is 7.53. The molecule has 0 bridgehead atoms. The summed E-state index contributed by atoms with van der Waals surface area (Å²) in [6.45, 7) is 3.65. The van der Waals surface area contributed by atoms with Crippen LogP contribution in [0.3, 0.4) is 0 Å². The number of nitrogens with one attached hydrogen (secondary N) is 3. The van der Waals surface area contributed by atoms with Crippen LogP contribution in [0.5, 0.6) is 0 Å². The molecule has 0 aliphatic rings. The minimum atomic E-state index is -4.50. The van der Waals surface area contributed by atoms with E-state index < -0.39 is 60.8 Å². The molecule has 0 spiro atoms. The molecule has 3 rings (SSSR count). The van der Waals surface area contributed by atoms with Crippen molar-refractivity contribution in [1.29, 1.82) is 0 Å². The lowest BCUT2D eigenvalue weighted by atomic mass is 10.0. The number of carbonyl (C=O) groups excluding carboxylic acids is 4. The zero-order valence-corrected chi connectivity index (χ0v) is 26.7. The Morgan fingerprint density at radius 3 is 2.09 bits per heavy atom. The smallest absolute Gasteiger partial charge is 0.254 e. The van der Waals surface area contributed by atoms with E-state index in [9.17, 15) is 33.0 Å². The highest BCUT2D eigenvalue weighted by atomic mass is 31.2. The first-order chi connectivity index (χ1) is 21.9. The third kappa shape index (κ3) is 11.4. The fourth-order valence-corrected chi connectivity index (χ4v) is 6.23. The largest absolute Gasteiger partial charge is 0.368 e. The van der Waals surface area contributed by atoms with Crippen molar-refractivity contribution in [2.45, 2.75) is 51.0 Å². The number of hydrogen-bond acceptors (Lipinski definition) is 5. The molecule has 0 aliphatic carbocycles. The van der Waals surface area contributed by atoms with Gasteiger partial charge in [0.2, 0.25) is 25.1 Å². The Labute approximate surface area is 268 Å². The summed E-state index contributed by atoms with van der Waals surface area (Å²) >= 11 is 0. The van der Waals surface area contributed by atoms with Crippen LogP contribution >= 0.6 is 7.37 Å². The van der Waals surface area contributed by atoms with Gasteiger partial charge in [0.1, 0.15) is 29.8 Å². The highest BCUT2D eigenvalue weighted by Gasteiger charge is 2.36. The number of nitrogens with two attached hydrogens (primary N) is 1. The predicted octanol–water partition coefficient (Wildman–Crippen LogP) is 4.00. The van der Waals surface area contributed by atoms with Crippen molar-refractivity contribution in [3.8, 4) is 0 Å². The van der Waals surface area contributed by atoms with Gasteiger partial charge in [0.15, 0.2) is 0 Å². The minimum Gasteiger partial charge on any atom is -0.368 e. The van der Waals surface area contributed by atoms with Gasteiger partial charge in [-0.15, -0.1) is 0 Å². The number of rotatable bonds is 16. The molecule has 6 N–H and O–H groups in total. The van der Waals surface area contributed by atoms with Crippen LogP contribution in [0.4, 0.5) is 4.39 Å². The van der Waals surface area contributed by atoms with Gasteiger partial charge >= 0.3 is 0 Å². The third-order valence-electron chi connectivity index (χ3n) is 7.05. The Balaban J connectivity index is 1.74. The molecule has 0 aliphatic heterocycles. The lowest BCUT2D eigenvalue weighted by Gasteiger charge is -2.26. The highest BCUT2D eigenvalue weighted by molar-refractivity contribution is 7.59. The normalized spacial score (nSPS) is 14.5. The molecule has 3 aromatic rings. The minimum absolute atomic E-state index is 0.0760. The van der Waals surface area contributed by atoms with E-state index >= 15 is 0 Å². The van der Waals surface area contributed by atoms with E-state index in [0.29, 0.717) is 5.56 Å². The fourth-order valence-electron chi connectivity index (χ4n) is 4.69. The van der Waals surface area contributed by atoms with Crippen LogP contribution in [-0.4, -0.2) is 52.6 Å². The predicted molar refractivity (Wildman–Crippen MR) is 175 cm³/mol. The highest BCUT2D eigenvalue weighted by Crippen LogP contribution is 2.46. The molecule has 2 unspecified atom stereocenters. The van der Waals surface area contributed by atoms with Crippen LogP contribution in [0.25, 0.3) is 6.08 Å². The average Bonchev–Trinajstić information content (AvgIpc) is 3.00. The maximum atomic E-state index is 14.3. The number of benzene rings is 3. The molecule has 0 fully saturated rings. The number of amides is 4. The first-order valence-corrected chi connectivity index (χ1v) is 16.8. The molecule has 4 atom stereocenters. The van der Waals surface area contributed by atoms with Crippen molar-refractivity contribution in [1.82, 2.24) is 16.0 Å². The molecule has 12 heteroatoms. The zero-order chi connectivity index (χ0) is 33.7. The third-order valence-corrected chi connectivity index (χ3v) is 9.07. The summed E-state index contributed by atoms with van der Waals surface area (Å²) in [5.41, 5.74) is 6.72. The quantitative estimate of drug-likeness (QED) is 0.147. The first-order valence-electron chi connectivity index (χ1n) is 14.9. The van der Waals surface area contributed by atoms with Crippen molar-refractivity contribution in [2.24, 2.45) is 11.7 Å². The fraction of sp³-hybridized carbons (Fsp3) is 0.294. The van der Waals surface area contributed by atoms with E-state index in [1.165, 1.54) is 18.2 Å². The summed E-state index contributed by atoms with van der Waals surface area (Å²) in [5.74, 6) is -5.60. The van der Waals surface area contributed by atoms with Crippen LogP contribution in [-0.2, 0) is 25.4 Å². The van der Waals surface area contributed by atoms with Crippen LogP contribution in [0.1, 0.15) is 48.2 Å². The topological polar surface area (TPSA) is 168 Å². The number of carbonyl (C=O) groups is 4. The summed E-state index contributed by atoms with van der Waals surface area (Å²) < 4.78 is 28.0. The van der Waals surface area contributed by atoms with Gasteiger partial charge < -0.3 is 26.6 Å². The monoisotopic (exact) mass is 650 g/mol.